The maximum atomic E-state index is 12.5. The third-order valence-electron chi connectivity index (χ3n) is 5.53. The third kappa shape index (κ3) is 6.51. The molecule has 2 aromatic carbocycles. The van der Waals surface area contributed by atoms with E-state index in [0.29, 0.717) is 22.0 Å². The molecule has 0 aliphatic rings. The summed E-state index contributed by atoms with van der Waals surface area (Å²) in [5.74, 6) is -0.369. The van der Waals surface area contributed by atoms with Crippen molar-refractivity contribution in [1.29, 1.82) is 0 Å². The maximum Gasteiger partial charge on any atom is 0.265 e. The molecule has 0 unspecified atom stereocenters. The van der Waals surface area contributed by atoms with Gasteiger partial charge >= 0.3 is 0 Å². The fourth-order valence-electron chi connectivity index (χ4n) is 3.81. The number of carbonyl (C=O) groups is 3. The van der Waals surface area contributed by atoms with Crippen LogP contribution in [0.4, 0.5) is 5.69 Å². The number of thiophene rings is 1. The van der Waals surface area contributed by atoms with Crippen LogP contribution in [-0.2, 0) is 11.3 Å². The highest BCUT2D eigenvalue weighted by Gasteiger charge is 2.15. The lowest BCUT2D eigenvalue weighted by Crippen LogP contribution is -2.29. The van der Waals surface area contributed by atoms with Gasteiger partial charge in [-0.3, -0.25) is 19.1 Å². The Labute approximate surface area is 207 Å². The van der Waals surface area contributed by atoms with E-state index in [1.165, 1.54) is 28.9 Å². The Morgan fingerprint density at radius 3 is 2.14 bits per heavy atom. The Morgan fingerprint density at radius 1 is 0.914 bits per heavy atom. The number of benzene rings is 2. The zero-order valence-corrected chi connectivity index (χ0v) is 20.1. The number of hydrogen-bond acceptors (Lipinski definition) is 5. The van der Waals surface area contributed by atoms with Gasteiger partial charge in [-0.25, -0.2) is 0 Å². The quantitative estimate of drug-likeness (QED) is 0.317. The first kappa shape index (κ1) is 24.1. The van der Waals surface area contributed by atoms with Gasteiger partial charge in [0.2, 0.25) is 5.91 Å². The highest BCUT2D eigenvalue weighted by Crippen LogP contribution is 2.27. The summed E-state index contributed by atoms with van der Waals surface area (Å²) in [6.07, 6.45) is 3.86. The summed E-state index contributed by atoms with van der Waals surface area (Å²) in [4.78, 5) is 37.3. The van der Waals surface area contributed by atoms with E-state index in [1.54, 1.807) is 18.3 Å². The molecule has 178 valence electrons. The van der Waals surface area contributed by atoms with Crippen molar-refractivity contribution in [2.24, 2.45) is 0 Å². The number of nitrogens with zero attached hydrogens (tertiary/aromatic N) is 2. The average Bonchev–Trinajstić information content (AvgIpc) is 3.53. The number of amides is 2. The Kier molecular flexibility index (Phi) is 7.84. The Bertz CT molecular complexity index is 1260. The molecule has 7 nitrogen and oxygen atoms in total. The number of anilines is 1. The fraction of sp³-hybridized carbons (Fsp3) is 0.185. The first-order valence-corrected chi connectivity index (χ1v) is 12.1. The van der Waals surface area contributed by atoms with Gasteiger partial charge in [-0.2, -0.15) is 5.10 Å². The van der Waals surface area contributed by atoms with Crippen molar-refractivity contribution in [3.63, 3.8) is 0 Å². The summed E-state index contributed by atoms with van der Waals surface area (Å²) >= 11 is 1.14. The molecule has 0 fully saturated rings. The second-order valence-electron chi connectivity index (χ2n) is 8.11. The number of ketones is 1. The highest BCUT2D eigenvalue weighted by molar-refractivity contribution is 7.16. The predicted octanol–water partition coefficient (Wildman–Crippen LogP) is 4.74. The van der Waals surface area contributed by atoms with Crippen LogP contribution < -0.4 is 10.6 Å². The number of rotatable bonds is 10. The molecule has 2 aromatic heterocycles. The van der Waals surface area contributed by atoms with Crippen LogP contribution in [0.25, 0.3) is 0 Å². The summed E-state index contributed by atoms with van der Waals surface area (Å²) in [5, 5.41) is 9.88. The summed E-state index contributed by atoms with van der Waals surface area (Å²) < 4.78 is 1.48. The van der Waals surface area contributed by atoms with Crippen LogP contribution in [0.1, 0.15) is 49.7 Å². The van der Waals surface area contributed by atoms with E-state index in [1.807, 2.05) is 36.4 Å². The van der Waals surface area contributed by atoms with Crippen LogP contribution in [0.15, 0.2) is 85.2 Å². The number of hydrogen-bond donors (Lipinski definition) is 2. The summed E-state index contributed by atoms with van der Waals surface area (Å²) in [5.41, 5.74) is 2.90. The average molecular weight is 487 g/mol. The molecule has 0 radical (unpaired) electrons. The van der Waals surface area contributed by atoms with Gasteiger partial charge in [0.05, 0.1) is 21.6 Å². The summed E-state index contributed by atoms with van der Waals surface area (Å²) in [7, 11) is 0. The molecule has 35 heavy (non-hydrogen) atoms. The van der Waals surface area contributed by atoms with E-state index < -0.39 is 0 Å². The molecule has 2 heterocycles. The van der Waals surface area contributed by atoms with Gasteiger partial charge in [-0.1, -0.05) is 60.7 Å². The largest absolute Gasteiger partial charge is 0.354 e. The van der Waals surface area contributed by atoms with Gasteiger partial charge in [-0.15, -0.1) is 11.3 Å². The van der Waals surface area contributed by atoms with E-state index >= 15 is 0 Å². The standard InChI is InChI=1S/C27H26N4O3S/c1-19(32)24-12-13-25(35-24)27(34)30-22-16-29-31(17-22)18-26(33)28-15-14-23(20-8-4-2-5-9-20)21-10-6-3-7-11-21/h2-13,16-17,23H,14-15,18H2,1H3,(H,28,33)(H,30,34). The van der Waals surface area contributed by atoms with Crippen LogP contribution in [-0.4, -0.2) is 33.9 Å². The van der Waals surface area contributed by atoms with Gasteiger partial charge in [0.1, 0.15) is 6.54 Å². The lowest BCUT2D eigenvalue weighted by Gasteiger charge is -2.18. The van der Waals surface area contributed by atoms with Gasteiger partial charge in [0.25, 0.3) is 5.91 Å². The van der Waals surface area contributed by atoms with Crippen molar-refractivity contribution in [3.8, 4) is 0 Å². The normalized spacial score (nSPS) is 10.8. The molecule has 0 spiro atoms. The number of carbonyl (C=O) groups excluding carboxylic acids is 3. The molecule has 4 rings (SSSR count). The summed E-state index contributed by atoms with van der Waals surface area (Å²) in [6.45, 7) is 2.03. The molecule has 0 aliphatic carbocycles. The number of nitrogens with one attached hydrogen (secondary N) is 2. The van der Waals surface area contributed by atoms with E-state index in [9.17, 15) is 14.4 Å². The maximum absolute atomic E-state index is 12.5. The van der Waals surface area contributed by atoms with Crippen LogP contribution >= 0.6 is 11.3 Å². The monoisotopic (exact) mass is 486 g/mol. The third-order valence-corrected chi connectivity index (χ3v) is 6.72. The van der Waals surface area contributed by atoms with Crippen molar-refractivity contribution in [2.75, 3.05) is 11.9 Å². The molecular formula is C27H26N4O3S. The van der Waals surface area contributed by atoms with Crippen molar-refractivity contribution < 1.29 is 14.4 Å². The van der Waals surface area contributed by atoms with Crippen molar-refractivity contribution >= 4 is 34.6 Å². The lowest BCUT2D eigenvalue weighted by atomic mass is 9.88. The van der Waals surface area contributed by atoms with Crippen LogP contribution in [0, 0.1) is 0 Å². The Hall–Kier alpha value is -4.04. The minimum Gasteiger partial charge on any atom is -0.354 e. The number of Topliss-reactive ketones (excluding diaryl/α,β-unsaturated/α-hetero) is 1. The molecule has 0 atom stereocenters. The zero-order valence-electron chi connectivity index (χ0n) is 19.3. The van der Waals surface area contributed by atoms with E-state index in [-0.39, 0.29) is 30.1 Å². The van der Waals surface area contributed by atoms with Crippen molar-refractivity contribution in [2.45, 2.75) is 25.8 Å². The topological polar surface area (TPSA) is 93.1 Å². The van der Waals surface area contributed by atoms with E-state index in [4.69, 9.17) is 0 Å². The molecule has 2 amide bonds. The Balaban J connectivity index is 1.29. The van der Waals surface area contributed by atoms with Crippen molar-refractivity contribution in [1.82, 2.24) is 15.1 Å². The molecule has 0 saturated heterocycles. The smallest absolute Gasteiger partial charge is 0.265 e. The molecule has 0 aliphatic heterocycles. The van der Waals surface area contributed by atoms with Crippen molar-refractivity contribution in [3.05, 3.63) is 106 Å². The van der Waals surface area contributed by atoms with E-state index in [2.05, 4.69) is 40.0 Å². The molecule has 2 N–H and O–H groups in total. The highest BCUT2D eigenvalue weighted by atomic mass is 32.1. The van der Waals surface area contributed by atoms with E-state index in [0.717, 1.165) is 17.8 Å². The van der Waals surface area contributed by atoms with Crippen LogP contribution in [0.2, 0.25) is 0 Å². The predicted molar refractivity (Wildman–Crippen MR) is 137 cm³/mol. The first-order valence-electron chi connectivity index (χ1n) is 11.3. The zero-order chi connectivity index (χ0) is 24.6. The minimum atomic E-state index is -0.320. The molecular weight excluding hydrogens is 460 g/mol. The van der Waals surface area contributed by atoms with Gasteiger partial charge in [-0.05, 0) is 36.6 Å². The fourth-order valence-corrected chi connectivity index (χ4v) is 4.61. The number of aromatic nitrogens is 2. The molecule has 4 aromatic rings. The second kappa shape index (κ2) is 11.4. The van der Waals surface area contributed by atoms with Gasteiger partial charge < -0.3 is 10.6 Å². The van der Waals surface area contributed by atoms with Crippen LogP contribution in [0.3, 0.4) is 0 Å². The minimum absolute atomic E-state index is 0.0463. The molecule has 8 heteroatoms. The Morgan fingerprint density at radius 2 is 1.54 bits per heavy atom. The summed E-state index contributed by atoms with van der Waals surface area (Å²) in [6, 6.07) is 23.8. The van der Waals surface area contributed by atoms with Gasteiger partial charge in [0.15, 0.2) is 5.78 Å². The molecule has 0 bridgehead atoms. The molecule has 0 saturated carbocycles. The SMILES string of the molecule is CC(=O)c1ccc(C(=O)Nc2cnn(CC(=O)NCCC(c3ccccc3)c3ccccc3)c2)s1. The second-order valence-corrected chi connectivity index (χ2v) is 9.20. The first-order chi connectivity index (χ1) is 17.0. The van der Waals surface area contributed by atoms with Gasteiger partial charge in [0, 0.05) is 18.7 Å². The van der Waals surface area contributed by atoms with Crippen LogP contribution in [0.5, 0.6) is 0 Å². The lowest BCUT2D eigenvalue weighted by molar-refractivity contribution is -0.121.